The number of hydrogen-bond donors (Lipinski definition) is 2. The third-order valence-corrected chi connectivity index (χ3v) is 10.8. The Morgan fingerprint density at radius 2 is 1.30 bits per heavy atom. The van der Waals surface area contributed by atoms with Gasteiger partial charge in [-0.25, -0.2) is 4.79 Å². The fourth-order valence-corrected chi connectivity index (χ4v) is 3.40. The van der Waals surface area contributed by atoms with Crippen LogP contribution in [0.2, 0.25) is 0 Å². The van der Waals surface area contributed by atoms with Crippen LogP contribution in [0.4, 0.5) is 4.79 Å². The summed E-state index contributed by atoms with van der Waals surface area (Å²) in [6, 6.07) is -1.91. The molecule has 1 rings (SSSR count). The number of imide groups is 3. The zero-order valence-electron chi connectivity index (χ0n) is 16.6. The number of amides is 5. The van der Waals surface area contributed by atoms with Crippen molar-refractivity contribution < 1.29 is 19.2 Å². The van der Waals surface area contributed by atoms with Gasteiger partial charge in [0.05, 0.1) is 10.8 Å². The maximum absolute atomic E-state index is 13.6. The molecule has 1 heterocycles. The molecular formula is C16H22Br6N4O4. The first-order valence-corrected chi connectivity index (χ1v) is 13.4. The minimum atomic E-state index is -1.31. The monoisotopic (exact) mass is 808 g/mol. The number of carbonyl (C=O) groups excluding carboxylic acids is 4. The van der Waals surface area contributed by atoms with Gasteiger partial charge in [0.1, 0.15) is 10.3 Å². The molecule has 1 atom stereocenters. The van der Waals surface area contributed by atoms with E-state index >= 15 is 0 Å². The summed E-state index contributed by atoms with van der Waals surface area (Å²) in [5.74, 6) is -2.30. The van der Waals surface area contributed by atoms with Crippen molar-refractivity contribution in [1.29, 1.82) is 0 Å². The van der Waals surface area contributed by atoms with E-state index < -0.39 is 44.9 Å². The third-order valence-electron chi connectivity index (χ3n) is 4.90. The fourth-order valence-electron chi connectivity index (χ4n) is 2.38. The Kier molecular flexibility index (Phi) is 9.69. The Labute approximate surface area is 225 Å². The minimum Gasteiger partial charge on any atom is -0.368 e. The highest BCUT2D eigenvalue weighted by molar-refractivity contribution is 9.39. The molecule has 0 radical (unpaired) electrons. The van der Waals surface area contributed by atoms with Crippen LogP contribution in [0, 0.1) is 10.8 Å². The van der Waals surface area contributed by atoms with Gasteiger partial charge in [0.15, 0.2) is 0 Å². The molecule has 0 aromatic heterocycles. The molecule has 1 fully saturated rings. The maximum Gasteiger partial charge on any atom is 0.334 e. The van der Waals surface area contributed by atoms with Crippen LogP contribution in [0.15, 0.2) is 0 Å². The van der Waals surface area contributed by atoms with E-state index in [2.05, 4.69) is 101 Å². The van der Waals surface area contributed by atoms with Crippen molar-refractivity contribution >= 4 is 119 Å². The smallest absolute Gasteiger partial charge is 0.334 e. The highest BCUT2D eigenvalue weighted by atomic mass is 80.0. The third kappa shape index (κ3) is 5.88. The summed E-state index contributed by atoms with van der Waals surface area (Å²) < 4.78 is -2.22. The van der Waals surface area contributed by atoms with Gasteiger partial charge in [-0.05, 0) is 27.7 Å². The number of nitrogens with zero attached hydrogens (tertiary/aromatic N) is 2. The van der Waals surface area contributed by atoms with E-state index in [9.17, 15) is 19.2 Å². The molecule has 1 aliphatic rings. The van der Waals surface area contributed by atoms with Crippen LogP contribution in [0.25, 0.3) is 0 Å². The molecule has 30 heavy (non-hydrogen) atoms. The zero-order chi connectivity index (χ0) is 23.9. The van der Waals surface area contributed by atoms with Crippen LogP contribution in [0.3, 0.4) is 0 Å². The summed E-state index contributed by atoms with van der Waals surface area (Å²) in [6.45, 7) is 6.85. The Balaban J connectivity index is 3.58. The summed E-state index contributed by atoms with van der Waals surface area (Å²) in [5, 5.41) is 2.98. The Hall–Kier alpha value is 0.920. The van der Waals surface area contributed by atoms with E-state index in [1.807, 2.05) is 0 Å². The summed E-state index contributed by atoms with van der Waals surface area (Å²) in [6.07, 6.45) is 0. The summed E-state index contributed by atoms with van der Waals surface area (Å²) in [7, 11) is 0. The van der Waals surface area contributed by atoms with Crippen molar-refractivity contribution in [1.82, 2.24) is 15.1 Å². The van der Waals surface area contributed by atoms with Crippen molar-refractivity contribution in [2.75, 3.05) is 19.6 Å². The maximum atomic E-state index is 13.6. The molecule has 8 nitrogen and oxygen atoms in total. The lowest BCUT2D eigenvalue weighted by molar-refractivity contribution is -0.152. The lowest BCUT2D eigenvalue weighted by Gasteiger charge is -2.43. The van der Waals surface area contributed by atoms with Gasteiger partial charge in [0, 0.05) is 19.6 Å². The number of nitrogens with two attached hydrogens (primary N) is 1. The van der Waals surface area contributed by atoms with Crippen LogP contribution in [0.1, 0.15) is 27.7 Å². The second-order valence-electron chi connectivity index (χ2n) is 7.79. The Bertz CT molecular complexity index is 694. The van der Waals surface area contributed by atoms with Crippen molar-refractivity contribution in [3.63, 3.8) is 0 Å². The number of carbonyl (C=O) groups is 4. The molecule has 0 bridgehead atoms. The summed E-state index contributed by atoms with van der Waals surface area (Å²) in [4.78, 5) is 54.3. The van der Waals surface area contributed by atoms with E-state index in [1.54, 1.807) is 27.7 Å². The molecule has 1 saturated heterocycles. The number of hydrogen-bond acceptors (Lipinski definition) is 5. The van der Waals surface area contributed by atoms with Gasteiger partial charge in [0.2, 0.25) is 17.7 Å². The molecule has 5 amide bonds. The highest BCUT2D eigenvalue weighted by Gasteiger charge is 2.56. The van der Waals surface area contributed by atoms with Gasteiger partial charge in [-0.15, -0.1) is 0 Å². The largest absolute Gasteiger partial charge is 0.368 e. The highest BCUT2D eigenvalue weighted by Crippen LogP contribution is 2.53. The molecule has 0 aromatic rings. The molecule has 0 aromatic carbocycles. The van der Waals surface area contributed by atoms with Crippen LogP contribution in [-0.4, -0.2) is 63.5 Å². The first kappa shape index (κ1) is 29.0. The standard InChI is InChI=1S/C16H22Br6N4O4/c1-13(2,15(17,18)19)10(28)26(11(29)14(3,4)16(20,21)22)12(30)25-6-5-24-7-8(25)9(23)27/h8,24H,5-7H2,1-4H3,(H2,23,27). The molecule has 1 aliphatic heterocycles. The molecule has 1 unspecified atom stereocenters. The predicted molar refractivity (Wildman–Crippen MR) is 136 cm³/mol. The van der Waals surface area contributed by atoms with Gasteiger partial charge in [0.25, 0.3) is 0 Å². The number of primary amides is 1. The molecular weight excluding hydrogens is 792 g/mol. The molecule has 0 aliphatic carbocycles. The van der Waals surface area contributed by atoms with E-state index in [-0.39, 0.29) is 13.1 Å². The molecule has 3 N–H and O–H groups in total. The number of rotatable bonds is 3. The lowest BCUT2D eigenvalue weighted by atomic mass is 9.90. The Morgan fingerprint density at radius 3 is 1.63 bits per heavy atom. The first-order valence-electron chi connectivity index (χ1n) is 8.61. The summed E-state index contributed by atoms with van der Waals surface area (Å²) >= 11 is 20.0. The number of halogens is 6. The fraction of sp³-hybridized carbons (Fsp3) is 0.750. The number of alkyl halides is 6. The number of nitrogens with one attached hydrogen (secondary N) is 1. The van der Waals surface area contributed by atoms with Crippen LogP contribution in [0.5, 0.6) is 0 Å². The number of urea groups is 1. The average Bonchev–Trinajstić information content (AvgIpc) is 2.59. The van der Waals surface area contributed by atoms with Crippen LogP contribution >= 0.6 is 95.6 Å². The second kappa shape index (κ2) is 10.0. The van der Waals surface area contributed by atoms with Gasteiger partial charge in [-0.2, -0.15) is 4.90 Å². The minimum absolute atomic E-state index is 0.106. The quantitative estimate of drug-likeness (QED) is 0.420. The molecule has 172 valence electrons. The van der Waals surface area contributed by atoms with Crippen molar-refractivity contribution in [3.8, 4) is 0 Å². The van der Waals surface area contributed by atoms with Gasteiger partial charge in [-0.1, -0.05) is 95.6 Å². The number of piperazine rings is 1. The van der Waals surface area contributed by atoms with Gasteiger partial charge >= 0.3 is 6.03 Å². The van der Waals surface area contributed by atoms with Crippen molar-refractivity contribution in [2.45, 2.75) is 38.0 Å². The van der Waals surface area contributed by atoms with E-state index in [0.717, 1.165) is 4.90 Å². The summed E-state index contributed by atoms with van der Waals surface area (Å²) in [5.41, 5.74) is 2.84. The van der Waals surface area contributed by atoms with Crippen LogP contribution in [-0.2, 0) is 14.4 Å². The molecule has 14 heteroatoms. The predicted octanol–water partition coefficient (Wildman–Crippen LogP) is 3.95. The normalized spacial score (nSPS) is 18.7. The van der Waals surface area contributed by atoms with Crippen molar-refractivity contribution in [3.05, 3.63) is 0 Å². The van der Waals surface area contributed by atoms with Crippen LogP contribution < -0.4 is 11.1 Å². The lowest BCUT2D eigenvalue weighted by Crippen LogP contribution is -2.65. The Morgan fingerprint density at radius 1 is 0.900 bits per heavy atom. The zero-order valence-corrected chi connectivity index (χ0v) is 26.1. The van der Waals surface area contributed by atoms with E-state index in [4.69, 9.17) is 5.73 Å². The molecule has 0 saturated carbocycles. The van der Waals surface area contributed by atoms with Gasteiger partial charge < -0.3 is 16.0 Å². The SMILES string of the molecule is CC(C)(C(=O)N(C(=O)N1CCNCC1C(N)=O)C(=O)C(C)(C)C(Br)(Br)Br)C(Br)(Br)Br. The first-order chi connectivity index (χ1) is 13.3. The van der Waals surface area contributed by atoms with Crippen molar-refractivity contribution in [2.24, 2.45) is 16.6 Å². The molecule has 0 spiro atoms. The van der Waals surface area contributed by atoms with E-state index in [1.165, 1.54) is 0 Å². The topological polar surface area (TPSA) is 113 Å². The van der Waals surface area contributed by atoms with E-state index in [0.29, 0.717) is 11.4 Å². The van der Waals surface area contributed by atoms with Gasteiger partial charge in [-0.3, -0.25) is 14.4 Å². The second-order valence-corrected chi connectivity index (χ2v) is 21.3. The average molecular weight is 814 g/mol.